The number of rotatable bonds is 3. The summed E-state index contributed by atoms with van der Waals surface area (Å²) >= 11 is 12.6. The van der Waals surface area contributed by atoms with Gasteiger partial charge in [-0.15, -0.1) is 0 Å². The van der Waals surface area contributed by atoms with Crippen LogP contribution in [0.15, 0.2) is 0 Å². The topological polar surface area (TPSA) is 0 Å². The normalized spacial score (nSPS) is 11.8. The minimum absolute atomic E-state index is 0.0694. The van der Waals surface area contributed by atoms with E-state index in [1.807, 2.05) is 6.92 Å². The van der Waals surface area contributed by atoms with Crippen LogP contribution in [0, 0.1) is 5.41 Å². The molecule has 80 valence electrons. The van der Waals surface area contributed by atoms with Gasteiger partial charge in [0, 0.05) is 0 Å². The van der Waals surface area contributed by atoms with Crippen molar-refractivity contribution in [3.63, 3.8) is 0 Å². The molecule has 0 saturated heterocycles. The molecule has 0 heterocycles. The van der Waals surface area contributed by atoms with Crippen LogP contribution in [0.4, 0.5) is 0 Å². The van der Waals surface area contributed by atoms with E-state index >= 15 is 0 Å². The molecule has 0 amide bonds. The van der Waals surface area contributed by atoms with Gasteiger partial charge in [-0.1, -0.05) is 12.3 Å². The second-order valence-electron chi connectivity index (χ2n) is 2.39. The van der Waals surface area contributed by atoms with Crippen molar-refractivity contribution in [2.75, 3.05) is 17.3 Å². The third-order valence-electron chi connectivity index (χ3n) is 1.05. The maximum absolute atomic E-state index is 4.97. The van der Waals surface area contributed by atoms with Crippen molar-refractivity contribution in [1.82, 2.24) is 0 Å². The van der Waals surface area contributed by atoms with Crippen molar-refractivity contribution < 1.29 is 13.5 Å². The van der Waals surface area contributed by atoms with Crippen LogP contribution < -0.4 is 0 Å². The van der Waals surface area contributed by atoms with Crippen molar-refractivity contribution in [3.05, 3.63) is 0 Å². The number of hydrogen-bond acceptors (Lipinski definition) is 3. The summed E-state index contributed by atoms with van der Waals surface area (Å²) in [6.07, 6.45) is 0. The van der Waals surface area contributed by atoms with Crippen LogP contribution in [0.2, 0.25) is 0 Å². The van der Waals surface area contributed by atoms with Crippen molar-refractivity contribution in [3.8, 4) is 0 Å². The van der Waals surface area contributed by atoms with Crippen LogP contribution in [0.3, 0.4) is 0 Å². The fourth-order valence-electron chi connectivity index (χ4n) is 0.125. The summed E-state index contributed by atoms with van der Waals surface area (Å²) in [6.45, 7) is 2.04. The summed E-state index contributed by atoms with van der Waals surface area (Å²) in [6, 6.07) is 0. The Morgan fingerprint density at radius 1 is 1.00 bits per heavy atom. The molecular formula is C5H9Cl3IrS3-3. The summed E-state index contributed by atoms with van der Waals surface area (Å²) in [7, 11) is 14.9. The Labute approximate surface area is 108 Å². The molecule has 7 heteroatoms. The third-order valence-corrected chi connectivity index (χ3v) is 3.14. The van der Waals surface area contributed by atoms with E-state index in [1.54, 1.807) is 0 Å². The first-order valence-corrected chi connectivity index (χ1v) is 13.4. The Kier molecular flexibility index (Phi) is 14.3. The molecular weight excluding hydrogens is 455 g/mol. The van der Waals surface area contributed by atoms with Crippen molar-refractivity contribution >= 4 is 66.6 Å². The fraction of sp³-hybridized carbons (Fsp3) is 1.00. The van der Waals surface area contributed by atoms with Gasteiger partial charge in [-0.25, -0.2) is 0 Å². The maximum atomic E-state index is 4.97. The first kappa shape index (κ1) is 17.0. The summed E-state index contributed by atoms with van der Waals surface area (Å²) in [5.41, 5.74) is 0.0694. The number of halogens is 3. The van der Waals surface area contributed by atoms with Crippen molar-refractivity contribution in [2.45, 2.75) is 6.92 Å². The van der Waals surface area contributed by atoms with Gasteiger partial charge in [-0.3, -0.25) is 0 Å². The van der Waals surface area contributed by atoms with Gasteiger partial charge in [0.05, 0.1) is 0 Å². The molecule has 0 N–H and O–H groups in total. The van der Waals surface area contributed by atoms with Crippen molar-refractivity contribution in [1.29, 1.82) is 0 Å². The van der Waals surface area contributed by atoms with Gasteiger partial charge < -0.3 is 37.9 Å². The summed E-state index contributed by atoms with van der Waals surface area (Å²) < 4.78 is 0. The van der Waals surface area contributed by atoms with Crippen LogP contribution in [-0.2, 0) is 51.3 Å². The molecule has 0 aromatic rings. The van der Waals surface area contributed by atoms with E-state index in [1.165, 1.54) is 0 Å². The molecule has 12 heavy (non-hydrogen) atoms. The fourth-order valence-corrected chi connectivity index (χ4v) is 1.12. The van der Waals surface area contributed by atoms with E-state index in [0.717, 1.165) is 0 Å². The van der Waals surface area contributed by atoms with E-state index in [2.05, 4.69) is 0 Å². The molecule has 0 unspecified atom stereocenters. The molecule has 0 spiro atoms. The molecule has 0 rings (SSSR count). The Hall–Kier alpha value is 2.57. The molecule has 0 atom stereocenters. The zero-order valence-electron chi connectivity index (χ0n) is 6.31. The van der Waals surface area contributed by atoms with Crippen molar-refractivity contribution in [2.24, 2.45) is 5.41 Å². The van der Waals surface area contributed by atoms with Crippen LogP contribution in [0.25, 0.3) is 0 Å². The average Bonchev–Trinajstić information content (AvgIpc) is 2.02. The second kappa shape index (κ2) is 10.1. The van der Waals surface area contributed by atoms with Crippen LogP contribution in [0.5, 0.6) is 0 Å². The molecule has 0 saturated carbocycles. The third kappa shape index (κ3) is 12.6. The molecule has 0 nitrogen and oxygen atoms in total. The zero-order valence-corrected chi connectivity index (χ0v) is 13.4. The predicted octanol–water partition coefficient (Wildman–Crippen LogP) is 2.70. The molecule has 0 bridgehead atoms. The van der Waals surface area contributed by atoms with Crippen LogP contribution in [0.1, 0.15) is 6.92 Å². The first-order chi connectivity index (χ1) is 5.41. The molecule has 0 aliphatic carbocycles. The van der Waals surface area contributed by atoms with E-state index in [9.17, 15) is 0 Å². The Bertz CT molecular complexity index is 88.9. The van der Waals surface area contributed by atoms with Gasteiger partial charge >= 0.3 is 42.2 Å². The van der Waals surface area contributed by atoms with E-state index in [-0.39, 0.29) is 5.41 Å². The van der Waals surface area contributed by atoms with E-state index in [4.69, 9.17) is 66.6 Å². The van der Waals surface area contributed by atoms with Gasteiger partial charge in [0.2, 0.25) is 0 Å². The molecule has 0 radical (unpaired) electrons. The van der Waals surface area contributed by atoms with Gasteiger partial charge in [0.1, 0.15) is 0 Å². The van der Waals surface area contributed by atoms with E-state index in [0.29, 0.717) is 17.3 Å². The monoisotopic (exact) mass is 463 g/mol. The first-order valence-electron chi connectivity index (χ1n) is 2.80. The zero-order chi connectivity index (χ0) is 10.2. The predicted molar refractivity (Wildman–Crippen MR) is 62.4 cm³/mol. The summed E-state index contributed by atoms with van der Waals surface area (Å²) in [5, 5.41) is 0. The average molecular weight is 464 g/mol. The summed E-state index contributed by atoms with van der Waals surface area (Å²) in [5.74, 6) is 2.08. The Balaban J connectivity index is 0. The standard InChI is InChI=1S/C5H12S3.3ClH.Ir/c1-5(2-6,3-7)4-8;;;;/h6-8H,2-4H2,1H3;3*1H;/q;;;;+3/p-6. The molecule has 0 aliphatic heterocycles. The van der Waals surface area contributed by atoms with Gasteiger partial charge in [0.15, 0.2) is 0 Å². The van der Waals surface area contributed by atoms with Crippen LogP contribution in [-0.4, -0.2) is 17.3 Å². The molecule has 0 fully saturated rings. The second-order valence-corrected chi connectivity index (χ2v) is 13.6. The minimum atomic E-state index is -1.92. The van der Waals surface area contributed by atoms with Gasteiger partial charge in [-0.05, 0) is 0 Å². The quantitative estimate of drug-likeness (QED) is 0.591. The molecule has 0 aromatic heterocycles. The van der Waals surface area contributed by atoms with Gasteiger partial charge in [-0.2, -0.15) is 17.3 Å². The Morgan fingerprint density at radius 3 is 1.17 bits per heavy atom. The molecule has 0 aliphatic rings. The van der Waals surface area contributed by atoms with Gasteiger partial charge in [0.25, 0.3) is 0 Å². The number of hydrogen-bond donors (Lipinski definition) is 0. The molecule has 0 aromatic carbocycles. The van der Waals surface area contributed by atoms with E-state index < -0.39 is 13.5 Å². The van der Waals surface area contributed by atoms with Crippen LogP contribution >= 0.6 is 28.8 Å². The SMILES string of the molecule is CC(C[S-])(C[S-])C[S-].[Cl][Ir]([Cl])[Cl]. The summed E-state index contributed by atoms with van der Waals surface area (Å²) in [4.78, 5) is 0. The Morgan fingerprint density at radius 2 is 1.17 bits per heavy atom.